The van der Waals surface area contributed by atoms with Gasteiger partial charge in [-0.1, -0.05) is 36.6 Å². The van der Waals surface area contributed by atoms with Gasteiger partial charge in [-0.05, 0) is 37.2 Å². The van der Waals surface area contributed by atoms with E-state index in [1.54, 1.807) is 0 Å². The van der Waals surface area contributed by atoms with Gasteiger partial charge in [0.1, 0.15) is 0 Å². The first-order valence-electron chi connectivity index (χ1n) is 7.37. The molecule has 0 radical (unpaired) electrons. The number of para-hydroxylation sites is 1. The van der Waals surface area contributed by atoms with E-state index in [4.69, 9.17) is 11.6 Å². The molecule has 0 unspecified atom stereocenters. The number of hydrogen-bond acceptors (Lipinski definition) is 2. The highest BCUT2D eigenvalue weighted by Crippen LogP contribution is 2.47. The number of piperidine rings is 1. The minimum atomic E-state index is 0.0670. The summed E-state index contributed by atoms with van der Waals surface area (Å²) in [4.78, 5) is 2.37. The molecule has 3 rings (SSSR count). The minimum Gasteiger partial charge on any atom is -0.392 e. The molecule has 1 aliphatic heterocycles. The number of nitrogens with zero attached hydrogens (tertiary/aromatic N) is 1. The molecule has 1 heterocycles. The van der Waals surface area contributed by atoms with Crippen LogP contribution in [0.2, 0.25) is 5.02 Å². The van der Waals surface area contributed by atoms with Gasteiger partial charge in [0.25, 0.3) is 0 Å². The Morgan fingerprint density at radius 3 is 2.42 bits per heavy atom. The van der Waals surface area contributed by atoms with Crippen molar-refractivity contribution in [3.8, 4) is 0 Å². The van der Waals surface area contributed by atoms with Crippen LogP contribution >= 0.6 is 11.6 Å². The third kappa shape index (κ3) is 2.48. The number of benzene rings is 1. The molecule has 0 bridgehead atoms. The molecule has 0 amide bonds. The maximum absolute atomic E-state index is 9.49. The fraction of sp³-hybridized carbons (Fsp3) is 0.625. The predicted molar refractivity (Wildman–Crippen MR) is 79.7 cm³/mol. The summed E-state index contributed by atoms with van der Waals surface area (Å²) in [5, 5.41) is 10.3. The molecule has 19 heavy (non-hydrogen) atoms. The lowest BCUT2D eigenvalue weighted by Gasteiger charge is -2.41. The molecule has 0 aromatic heterocycles. The fourth-order valence-corrected chi connectivity index (χ4v) is 4.19. The van der Waals surface area contributed by atoms with Crippen molar-refractivity contribution in [1.29, 1.82) is 0 Å². The van der Waals surface area contributed by atoms with Crippen molar-refractivity contribution in [3.05, 3.63) is 28.8 Å². The normalized spacial score (nSPS) is 22.1. The second-order valence-corrected chi connectivity index (χ2v) is 6.51. The fourth-order valence-electron chi connectivity index (χ4n) is 3.87. The van der Waals surface area contributed by atoms with E-state index in [9.17, 15) is 5.11 Å². The summed E-state index contributed by atoms with van der Waals surface area (Å²) in [5.74, 6) is 0. The van der Waals surface area contributed by atoms with Crippen LogP contribution in [0.3, 0.4) is 0 Å². The SMILES string of the molecule is OCc1cccc(Cl)c1N1CCC2(CCCC2)CC1. The molecule has 2 aliphatic rings. The van der Waals surface area contributed by atoms with Gasteiger partial charge in [-0.15, -0.1) is 0 Å². The molecular formula is C16H22ClNO. The van der Waals surface area contributed by atoms with Crippen LogP contribution < -0.4 is 4.90 Å². The first-order valence-corrected chi connectivity index (χ1v) is 7.75. The van der Waals surface area contributed by atoms with Crippen LogP contribution in [-0.4, -0.2) is 18.2 Å². The van der Waals surface area contributed by atoms with Crippen LogP contribution in [0.15, 0.2) is 18.2 Å². The van der Waals surface area contributed by atoms with E-state index in [1.807, 2.05) is 18.2 Å². The second kappa shape index (κ2) is 5.34. The van der Waals surface area contributed by atoms with Crippen LogP contribution in [0.1, 0.15) is 44.1 Å². The molecule has 2 nitrogen and oxygen atoms in total. The molecule has 1 saturated carbocycles. The van der Waals surface area contributed by atoms with E-state index < -0.39 is 0 Å². The van der Waals surface area contributed by atoms with Gasteiger partial charge in [0.2, 0.25) is 0 Å². The van der Waals surface area contributed by atoms with Crippen LogP contribution in [0.5, 0.6) is 0 Å². The lowest BCUT2D eigenvalue weighted by atomic mass is 9.77. The second-order valence-electron chi connectivity index (χ2n) is 6.10. The van der Waals surface area contributed by atoms with Gasteiger partial charge in [-0.3, -0.25) is 0 Å². The highest BCUT2D eigenvalue weighted by atomic mass is 35.5. The number of anilines is 1. The molecule has 2 fully saturated rings. The lowest BCUT2D eigenvalue weighted by Crippen LogP contribution is -2.39. The van der Waals surface area contributed by atoms with Gasteiger partial charge in [0.15, 0.2) is 0 Å². The lowest BCUT2D eigenvalue weighted by molar-refractivity contribution is 0.226. The van der Waals surface area contributed by atoms with E-state index in [2.05, 4.69) is 4.90 Å². The van der Waals surface area contributed by atoms with Gasteiger partial charge in [0.05, 0.1) is 17.3 Å². The number of aliphatic hydroxyl groups excluding tert-OH is 1. The third-order valence-electron chi connectivity index (χ3n) is 5.05. The van der Waals surface area contributed by atoms with Crippen LogP contribution in [0.4, 0.5) is 5.69 Å². The number of halogens is 1. The van der Waals surface area contributed by atoms with Crippen molar-refractivity contribution in [3.63, 3.8) is 0 Å². The third-order valence-corrected chi connectivity index (χ3v) is 5.35. The molecule has 0 atom stereocenters. The zero-order valence-electron chi connectivity index (χ0n) is 11.4. The average Bonchev–Trinajstić information content (AvgIpc) is 2.88. The zero-order valence-corrected chi connectivity index (χ0v) is 12.1. The van der Waals surface area contributed by atoms with Crippen LogP contribution in [0, 0.1) is 5.41 Å². The van der Waals surface area contributed by atoms with Crippen LogP contribution in [-0.2, 0) is 6.61 Å². The summed E-state index contributed by atoms with van der Waals surface area (Å²) in [5.41, 5.74) is 2.63. The van der Waals surface area contributed by atoms with Crippen LogP contribution in [0.25, 0.3) is 0 Å². The average molecular weight is 280 g/mol. The van der Waals surface area contributed by atoms with Gasteiger partial charge < -0.3 is 10.0 Å². The van der Waals surface area contributed by atoms with Crippen molar-refractivity contribution in [2.45, 2.75) is 45.1 Å². The van der Waals surface area contributed by atoms with E-state index in [0.717, 1.165) is 29.4 Å². The van der Waals surface area contributed by atoms with E-state index in [0.29, 0.717) is 5.41 Å². The summed E-state index contributed by atoms with van der Waals surface area (Å²) in [6.45, 7) is 2.23. The predicted octanol–water partition coefficient (Wildman–Crippen LogP) is 3.99. The van der Waals surface area contributed by atoms with E-state index in [1.165, 1.54) is 38.5 Å². The Kier molecular flexibility index (Phi) is 3.72. The molecule has 3 heteroatoms. The Bertz CT molecular complexity index is 444. The number of aliphatic hydroxyl groups is 1. The molecular weight excluding hydrogens is 258 g/mol. The van der Waals surface area contributed by atoms with Gasteiger partial charge in [-0.2, -0.15) is 0 Å². The molecule has 1 aromatic rings. The van der Waals surface area contributed by atoms with Gasteiger partial charge in [0, 0.05) is 18.7 Å². The summed E-state index contributed by atoms with van der Waals surface area (Å²) in [6, 6.07) is 5.82. The molecule has 1 aromatic carbocycles. The maximum atomic E-state index is 9.49. The Labute approximate surface area is 120 Å². The molecule has 1 aliphatic carbocycles. The van der Waals surface area contributed by atoms with Crippen molar-refractivity contribution < 1.29 is 5.11 Å². The van der Waals surface area contributed by atoms with Gasteiger partial charge in [-0.25, -0.2) is 0 Å². The highest BCUT2D eigenvalue weighted by molar-refractivity contribution is 6.33. The molecule has 1 spiro atoms. The molecule has 1 N–H and O–H groups in total. The van der Waals surface area contributed by atoms with Gasteiger partial charge >= 0.3 is 0 Å². The zero-order chi connectivity index (χ0) is 13.3. The Hall–Kier alpha value is -0.730. The smallest absolute Gasteiger partial charge is 0.0702 e. The van der Waals surface area contributed by atoms with Crippen molar-refractivity contribution in [2.24, 2.45) is 5.41 Å². The topological polar surface area (TPSA) is 23.5 Å². The summed E-state index contributed by atoms with van der Waals surface area (Å²) >= 11 is 6.34. The van der Waals surface area contributed by atoms with E-state index >= 15 is 0 Å². The first kappa shape index (κ1) is 13.3. The Morgan fingerprint density at radius 1 is 1.11 bits per heavy atom. The summed E-state index contributed by atoms with van der Waals surface area (Å²) in [7, 11) is 0. The maximum Gasteiger partial charge on any atom is 0.0702 e. The largest absolute Gasteiger partial charge is 0.392 e. The summed E-state index contributed by atoms with van der Waals surface area (Å²) in [6.07, 6.45) is 8.21. The number of rotatable bonds is 2. The summed E-state index contributed by atoms with van der Waals surface area (Å²) < 4.78 is 0. The molecule has 1 saturated heterocycles. The van der Waals surface area contributed by atoms with Crippen molar-refractivity contribution in [1.82, 2.24) is 0 Å². The standard InChI is InChI=1S/C16H22ClNO/c17-14-5-3-4-13(12-19)15(14)18-10-8-16(9-11-18)6-1-2-7-16/h3-5,19H,1-2,6-12H2. The van der Waals surface area contributed by atoms with Crippen molar-refractivity contribution in [2.75, 3.05) is 18.0 Å². The highest BCUT2D eigenvalue weighted by Gasteiger charge is 2.37. The van der Waals surface area contributed by atoms with E-state index in [-0.39, 0.29) is 6.61 Å². The van der Waals surface area contributed by atoms with Crippen molar-refractivity contribution >= 4 is 17.3 Å². The Balaban J connectivity index is 1.78. The monoisotopic (exact) mass is 279 g/mol. The number of hydrogen-bond donors (Lipinski definition) is 1. The minimum absolute atomic E-state index is 0.0670. The Morgan fingerprint density at radius 2 is 1.79 bits per heavy atom. The quantitative estimate of drug-likeness (QED) is 0.885. The molecule has 104 valence electrons. The first-order chi connectivity index (χ1) is 9.24.